The van der Waals surface area contributed by atoms with E-state index in [0.29, 0.717) is 23.5 Å². The third kappa shape index (κ3) is 2.28. The third-order valence-corrected chi connectivity index (χ3v) is 3.04. The maximum absolute atomic E-state index is 13.2. The Bertz CT molecular complexity index is 551. The number of nitrogens with zero attached hydrogens (tertiary/aromatic N) is 1. The zero-order valence-electron chi connectivity index (χ0n) is 9.76. The minimum absolute atomic E-state index is 0.238. The lowest BCUT2D eigenvalue weighted by Gasteiger charge is -2.18. The standard InChI is InChI=1S/C12H14ClFN2O/c1-12(2,3-4-15)11-16-9-6-7(14)5-8(13)10(9)17-11/h5-6H,3-4,15H2,1-2H3. The highest BCUT2D eigenvalue weighted by Crippen LogP contribution is 2.32. The van der Waals surface area contributed by atoms with Gasteiger partial charge >= 0.3 is 0 Å². The largest absolute Gasteiger partial charge is 0.439 e. The van der Waals surface area contributed by atoms with Crippen LogP contribution in [0.1, 0.15) is 26.2 Å². The molecule has 0 bridgehead atoms. The Labute approximate surface area is 104 Å². The summed E-state index contributed by atoms with van der Waals surface area (Å²) in [7, 11) is 0. The molecular weight excluding hydrogens is 243 g/mol. The summed E-state index contributed by atoms with van der Waals surface area (Å²) >= 11 is 5.90. The maximum atomic E-state index is 13.2. The van der Waals surface area contributed by atoms with Crippen molar-refractivity contribution >= 4 is 22.7 Å². The predicted molar refractivity (Wildman–Crippen MR) is 65.7 cm³/mol. The van der Waals surface area contributed by atoms with E-state index in [4.69, 9.17) is 21.8 Å². The van der Waals surface area contributed by atoms with E-state index in [1.165, 1.54) is 12.1 Å². The van der Waals surface area contributed by atoms with Crippen molar-refractivity contribution in [3.8, 4) is 0 Å². The molecule has 5 heteroatoms. The van der Waals surface area contributed by atoms with Crippen LogP contribution in [-0.4, -0.2) is 11.5 Å². The van der Waals surface area contributed by atoms with Crippen molar-refractivity contribution in [2.45, 2.75) is 25.7 Å². The van der Waals surface area contributed by atoms with Gasteiger partial charge in [0.2, 0.25) is 5.89 Å². The molecule has 0 fully saturated rings. The lowest BCUT2D eigenvalue weighted by molar-refractivity contribution is 0.366. The molecule has 1 heterocycles. The van der Waals surface area contributed by atoms with Crippen LogP contribution in [0.4, 0.5) is 4.39 Å². The third-order valence-electron chi connectivity index (χ3n) is 2.76. The minimum atomic E-state index is -0.418. The lowest BCUT2D eigenvalue weighted by Crippen LogP contribution is -2.21. The predicted octanol–water partition coefficient (Wildman–Crippen LogP) is 3.25. The summed E-state index contributed by atoms with van der Waals surface area (Å²) in [6, 6.07) is 2.53. The fraction of sp³-hybridized carbons (Fsp3) is 0.417. The number of oxazole rings is 1. The molecule has 0 atom stereocenters. The fourth-order valence-corrected chi connectivity index (χ4v) is 1.96. The van der Waals surface area contributed by atoms with Crippen LogP contribution in [0.25, 0.3) is 11.1 Å². The molecule has 1 aromatic carbocycles. The van der Waals surface area contributed by atoms with Crippen LogP contribution in [0.3, 0.4) is 0 Å². The summed E-state index contributed by atoms with van der Waals surface area (Å²) in [5, 5.41) is 0.238. The van der Waals surface area contributed by atoms with Gasteiger partial charge in [-0.1, -0.05) is 25.4 Å². The number of nitrogens with two attached hydrogens (primary N) is 1. The molecule has 0 saturated carbocycles. The smallest absolute Gasteiger partial charge is 0.201 e. The molecule has 2 N–H and O–H groups in total. The Balaban J connectivity index is 2.55. The second-order valence-electron chi connectivity index (χ2n) is 4.68. The van der Waals surface area contributed by atoms with E-state index in [1.807, 2.05) is 13.8 Å². The van der Waals surface area contributed by atoms with Crippen LogP contribution < -0.4 is 5.73 Å². The first kappa shape index (κ1) is 12.3. The fourth-order valence-electron chi connectivity index (χ4n) is 1.72. The van der Waals surface area contributed by atoms with E-state index in [-0.39, 0.29) is 10.4 Å². The molecule has 0 spiro atoms. The van der Waals surface area contributed by atoms with Gasteiger partial charge in [-0.2, -0.15) is 0 Å². The van der Waals surface area contributed by atoms with Crippen molar-refractivity contribution in [1.82, 2.24) is 4.98 Å². The van der Waals surface area contributed by atoms with Crippen molar-refractivity contribution in [1.29, 1.82) is 0 Å². The van der Waals surface area contributed by atoms with Crippen molar-refractivity contribution in [3.05, 3.63) is 28.9 Å². The number of hydrogen-bond donors (Lipinski definition) is 1. The van der Waals surface area contributed by atoms with E-state index >= 15 is 0 Å². The van der Waals surface area contributed by atoms with E-state index in [1.54, 1.807) is 0 Å². The topological polar surface area (TPSA) is 52.0 Å². The molecule has 1 aromatic heterocycles. The second-order valence-corrected chi connectivity index (χ2v) is 5.08. The summed E-state index contributed by atoms with van der Waals surface area (Å²) in [4.78, 5) is 4.28. The summed E-state index contributed by atoms with van der Waals surface area (Å²) < 4.78 is 18.8. The van der Waals surface area contributed by atoms with E-state index < -0.39 is 5.82 Å². The first-order valence-electron chi connectivity index (χ1n) is 5.40. The Morgan fingerprint density at radius 2 is 2.18 bits per heavy atom. The molecule has 92 valence electrons. The summed E-state index contributed by atoms with van der Waals surface area (Å²) in [5.74, 6) is 0.115. The van der Waals surface area contributed by atoms with Gasteiger partial charge in [-0.25, -0.2) is 9.37 Å². The molecule has 2 rings (SSSR count). The van der Waals surface area contributed by atoms with Gasteiger partial charge in [-0.3, -0.25) is 0 Å². The van der Waals surface area contributed by atoms with Crippen molar-refractivity contribution < 1.29 is 8.81 Å². The Hall–Kier alpha value is -1.13. The molecule has 0 amide bonds. The Morgan fingerprint density at radius 3 is 2.82 bits per heavy atom. The van der Waals surface area contributed by atoms with Gasteiger partial charge in [0.15, 0.2) is 5.58 Å². The molecule has 0 radical (unpaired) electrons. The van der Waals surface area contributed by atoms with Gasteiger partial charge in [0.05, 0.1) is 5.02 Å². The van der Waals surface area contributed by atoms with Crippen molar-refractivity contribution in [2.24, 2.45) is 5.73 Å². The zero-order chi connectivity index (χ0) is 12.6. The molecule has 17 heavy (non-hydrogen) atoms. The highest BCUT2D eigenvalue weighted by atomic mass is 35.5. The summed E-state index contributed by atoms with van der Waals surface area (Å²) in [6.45, 7) is 4.50. The van der Waals surface area contributed by atoms with E-state index in [2.05, 4.69) is 4.98 Å². The average Bonchev–Trinajstić information content (AvgIpc) is 2.62. The van der Waals surface area contributed by atoms with Gasteiger partial charge in [-0.05, 0) is 19.0 Å². The molecule has 3 nitrogen and oxygen atoms in total. The van der Waals surface area contributed by atoms with Gasteiger partial charge < -0.3 is 10.2 Å². The summed E-state index contributed by atoms with van der Waals surface area (Å²) in [5.41, 5.74) is 6.12. The number of rotatable bonds is 3. The molecule has 0 unspecified atom stereocenters. The minimum Gasteiger partial charge on any atom is -0.439 e. The second kappa shape index (κ2) is 4.27. The monoisotopic (exact) mass is 256 g/mol. The quantitative estimate of drug-likeness (QED) is 0.917. The van der Waals surface area contributed by atoms with Crippen LogP contribution in [0.5, 0.6) is 0 Å². The van der Waals surface area contributed by atoms with Crippen LogP contribution in [-0.2, 0) is 5.41 Å². The Kier molecular flexibility index (Phi) is 3.10. The first-order valence-corrected chi connectivity index (χ1v) is 5.78. The van der Waals surface area contributed by atoms with E-state index in [0.717, 1.165) is 6.42 Å². The zero-order valence-corrected chi connectivity index (χ0v) is 10.5. The van der Waals surface area contributed by atoms with Crippen molar-refractivity contribution in [2.75, 3.05) is 6.54 Å². The van der Waals surface area contributed by atoms with Gasteiger partial charge in [0.1, 0.15) is 11.3 Å². The van der Waals surface area contributed by atoms with Crippen LogP contribution in [0.15, 0.2) is 16.5 Å². The number of hydrogen-bond acceptors (Lipinski definition) is 3. The van der Waals surface area contributed by atoms with E-state index in [9.17, 15) is 4.39 Å². The number of benzene rings is 1. The SMILES string of the molecule is CC(C)(CCN)c1nc2cc(F)cc(Cl)c2o1. The Morgan fingerprint density at radius 1 is 1.47 bits per heavy atom. The number of halogens is 2. The number of fused-ring (bicyclic) bond motifs is 1. The van der Waals surface area contributed by atoms with Crippen LogP contribution in [0, 0.1) is 5.82 Å². The average molecular weight is 257 g/mol. The molecule has 0 aliphatic heterocycles. The van der Waals surface area contributed by atoms with Crippen LogP contribution in [0.2, 0.25) is 5.02 Å². The first-order chi connectivity index (χ1) is 7.94. The maximum Gasteiger partial charge on any atom is 0.201 e. The molecule has 0 saturated heterocycles. The molecule has 0 aliphatic carbocycles. The summed E-state index contributed by atoms with van der Waals surface area (Å²) in [6.07, 6.45) is 0.736. The normalized spacial score (nSPS) is 12.3. The highest BCUT2D eigenvalue weighted by Gasteiger charge is 2.26. The molecule has 2 aromatic rings. The van der Waals surface area contributed by atoms with Gasteiger partial charge in [0.25, 0.3) is 0 Å². The van der Waals surface area contributed by atoms with Gasteiger partial charge in [-0.15, -0.1) is 0 Å². The van der Waals surface area contributed by atoms with Crippen LogP contribution >= 0.6 is 11.6 Å². The number of aromatic nitrogens is 1. The lowest BCUT2D eigenvalue weighted by atomic mass is 9.89. The molecular formula is C12H14ClFN2O. The van der Waals surface area contributed by atoms with Gasteiger partial charge in [0, 0.05) is 11.5 Å². The highest BCUT2D eigenvalue weighted by molar-refractivity contribution is 6.34. The molecule has 0 aliphatic rings. The van der Waals surface area contributed by atoms with Crippen molar-refractivity contribution in [3.63, 3.8) is 0 Å².